The Labute approximate surface area is 212 Å². The standard InChI is InChI=1S/C24H31Cl2N3O4S/c1-6-17(3)27-24(31)18(4)29(14-19-9-10-20(25)13-22(19)26)23(30)15-28(5)34(32,33)21-11-7-16(2)8-12-21/h7-13,17-18H,6,14-15H2,1-5H3,(H,27,31). The fourth-order valence-electron chi connectivity index (χ4n) is 3.14. The smallest absolute Gasteiger partial charge is 0.243 e. The number of halogens is 2. The molecule has 2 rings (SSSR count). The molecule has 0 aliphatic heterocycles. The molecule has 0 spiro atoms. The molecule has 2 unspecified atom stereocenters. The van der Waals surface area contributed by atoms with Crippen molar-refractivity contribution in [2.75, 3.05) is 13.6 Å². The third kappa shape index (κ3) is 7.18. The number of carbonyl (C=O) groups is 2. The number of carbonyl (C=O) groups excluding carboxylic acids is 2. The molecule has 0 saturated carbocycles. The van der Waals surface area contributed by atoms with Gasteiger partial charge in [-0.05, 0) is 57.0 Å². The van der Waals surface area contributed by atoms with Crippen molar-refractivity contribution < 1.29 is 18.0 Å². The lowest BCUT2D eigenvalue weighted by molar-refractivity contribution is -0.140. The highest BCUT2D eigenvalue weighted by Gasteiger charge is 2.31. The maximum Gasteiger partial charge on any atom is 0.243 e. The van der Waals surface area contributed by atoms with E-state index in [1.807, 2.05) is 20.8 Å². The summed E-state index contributed by atoms with van der Waals surface area (Å²) >= 11 is 12.3. The predicted octanol–water partition coefficient (Wildman–Crippen LogP) is 4.25. The summed E-state index contributed by atoms with van der Waals surface area (Å²) in [6.07, 6.45) is 0.729. The number of benzene rings is 2. The lowest BCUT2D eigenvalue weighted by atomic mass is 10.1. The zero-order valence-electron chi connectivity index (χ0n) is 20.0. The molecule has 186 valence electrons. The zero-order valence-corrected chi connectivity index (χ0v) is 22.3. The lowest BCUT2D eigenvalue weighted by Gasteiger charge is -2.31. The van der Waals surface area contributed by atoms with Gasteiger partial charge in [0.15, 0.2) is 0 Å². The number of amides is 2. The van der Waals surface area contributed by atoms with E-state index in [9.17, 15) is 18.0 Å². The summed E-state index contributed by atoms with van der Waals surface area (Å²) in [5.41, 5.74) is 1.51. The van der Waals surface area contributed by atoms with Gasteiger partial charge in [-0.2, -0.15) is 4.31 Å². The normalized spacial score (nSPS) is 13.4. The van der Waals surface area contributed by atoms with E-state index in [1.165, 1.54) is 24.1 Å². The van der Waals surface area contributed by atoms with E-state index in [1.54, 1.807) is 37.3 Å². The molecule has 7 nitrogen and oxygen atoms in total. The Morgan fingerprint density at radius 1 is 1.06 bits per heavy atom. The van der Waals surface area contributed by atoms with E-state index in [0.29, 0.717) is 15.6 Å². The van der Waals surface area contributed by atoms with Gasteiger partial charge in [-0.3, -0.25) is 9.59 Å². The van der Waals surface area contributed by atoms with Crippen molar-refractivity contribution in [1.82, 2.24) is 14.5 Å². The molecule has 2 aromatic carbocycles. The second-order valence-corrected chi connectivity index (χ2v) is 11.2. The van der Waals surface area contributed by atoms with Crippen LogP contribution in [0.5, 0.6) is 0 Å². The van der Waals surface area contributed by atoms with Crippen molar-refractivity contribution in [1.29, 1.82) is 0 Å². The topological polar surface area (TPSA) is 86.8 Å². The van der Waals surface area contributed by atoms with Crippen LogP contribution in [0.4, 0.5) is 0 Å². The van der Waals surface area contributed by atoms with Gasteiger partial charge < -0.3 is 10.2 Å². The summed E-state index contributed by atoms with van der Waals surface area (Å²) in [5, 5.41) is 3.66. The summed E-state index contributed by atoms with van der Waals surface area (Å²) in [4.78, 5) is 27.6. The van der Waals surface area contributed by atoms with Crippen LogP contribution >= 0.6 is 23.2 Å². The van der Waals surface area contributed by atoms with Crippen LogP contribution in [0.15, 0.2) is 47.4 Å². The molecule has 0 saturated heterocycles. The van der Waals surface area contributed by atoms with Gasteiger partial charge >= 0.3 is 0 Å². The monoisotopic (exact) mass is 527 g/mol. The Morgan fingerprint density at radius 2 is 1.68 bits per heavy atom. The van der Waals surface area contributed by atoms with Crippen molar-refractivity contribution in [3.8, 4) is 0 Å². The molecule has 0 fully saturated rings. The second kappa shape index (κ2) is 12.0. The molecule has 34 heavy (non-hydrogen) atoms. The Bertz CT molecular complexity index is 1120. The minimum atomic E-state index is -3.90. The molecule has 0 heterocycles. The van der Waals surface area contributed by atoms with Crippen LogP contribution in [-0.2, 0) is 26.2 Å². The lowest BCUT2D eigenvalue weighted by Crippen LogP contribution is -2.51. The van der Waals surface area contributed by atoms with Crippen LogP contribution in [0.1, 0.15) is 38.3 Å². The van der Waals surface area contributed by atoms with Gasteiger partial charge in [0.1, 0.15) is 6.04 Å². The molecular formula is C24H31Cl2N3O4S. The Kier molecular flexibility index (Phi) is 9.94. The first kappa shape index (κ1) is 28.1. The fourth-order valence-corrected chi connectivity index (χ4v) is 4.73. The zero-order chi connectivity index (χ0) is 25.6. The molecule has 2 amide bonds. The summed E-state index contributed by atoms with van der Waals surface area (Å²) in [6.45, 7) is 6.85. The maximum absolute atomic E-state index is 13.3. The highest BCUT2D eigenvalue weighted by atomic mass is 35.5. The number of nitrogens with zero attached hydrogens (tertiary/aromatic N) is 2. The SMILES string of the molecule is CCC(C)NC(=O)C(C)N(Cc1ccc(Cl)cc1Cl)C(=O)CN(C)S(=O)(=O)c1ccc(C)cc1. The van der Waals surface area contributed by atoms with Crippen LogP contribution in [0.25, 0.3) is 0 Å². The van der Waals surface area contributed by atoms with Gasteiger partial charge in [0.05, 0.1) is 11.4 Å². The van der Waals surface area contributed by atoms with Crippen LogP contribution in [0.3, 0.4) is 0 Å². The quantitative estimate of drug-likeness (QED) is 0.500. The van der Waals surface area contributed by atoms with Gasteiger partial charge in [0, 0.05) is 29.7 Å². The number of hydrogen-bond acceptors (Lipinski definition) is 4. The van der Waals surface area contributed by atoms with Crippen LogP contribution in [0.2, 0.25) is 10.0 Å². The van der Waals surface area contributed by atoms with E-state index in [-0.39, 0.29) is 23.4 Å². The number of likely N-dealkylation sites (N-methyl/N-ethyl adjacent to an activating group) is 1. The van der Waals surface area contributed by atoms with E-state index < -0.39 is 28.5 Å². The molecule has 2 aromatic rings. The average molecular weight is 529 g/mol. The number of hydrogen-bond donors (Lipinski definition) is 1. The number of rotatable bonds is 10. The van der Waals surface area contributed by atoms with Gasteiger partial charge in [-0.25, -0.2) is 8.42 Å². The van der Waals surface area contributed by atoms with Crippen molar-refractivity contribution in [2.45, 2.75) is 57.6 Å². The largest absolute Gasteiger partial charge is 0.352 e. The van der Waals surface area contributed by atoms with Gasteiger partial charge in [0.25, 0.3) is 0 Å². The molecule has 0 aliphatic carbocycles. The molecule has 0 bridgehead atoms. The van der Waals surface area contributed by atoms with Crippen molar-refractivity contribution in [2.24, 2.45) is 0 Å². The molecule has 2 atom stereocenters. The van der Waals surface area contributed by atoms with E-state index in [2.05, 4.69) is 5.32 Å². The Hall–Kier alpha value is -2.13. The minimum Gasteiger partial charge on any atom is -0.352 e. The van der Waals surface area contributed by atoms with Crippen LogP contribution in [0, 0.1) is 6.92 Å². The summed E-state index contributed by atoms with van der Waals surface area (Å²) in [6, 6.07) is 10.3. The average Bonchev–Trinajstić information content (AvgIpc) is 2.78. The molecule has 10 heteroatoms. The van der Waals surface area contributed by atoms with E-state index in [4.69, 9.17) is 23.2 Å². The van der Waals surface area contributed by atoms with Gasteiger partial charge in [-0.15, -0.1) is 0 Å². The number of sulfonamides is 1. The highest BCUT2D eigenvalue weighted by Crippen LogP contribution is 2.24. The van der Waals surface area contributed by atoms with E-state index in [0.717, 1.165) is 16.3 Å². The first-order valence-electron chi connectivity index (χ1n) is 10.9. The molecule has 0 radical (unpaired) electrons. The first-order chi connectivity index (χ1) is 15.9. The first-order valence-corrected chi connectivity index (χ1v) is 13.1. The highest BCUT2D eigenvalue weighted by molar-refractivity contribution is 7.89. The van der Waals surface area contributed by atoms with Crippen LogP contribution < -0.4 is 5.32 Å². The summed E-state index contributed by atoms with van der Waals surface area (Å²) in [5.74, 6) is -0.868. The number of aryl methyl sites for hydroxylation is 1. The molecule has 0 aromatic heterocycles. The third-order valence-corrected chi connectivity index (χ3v) is 8.02. The Balaban J connectivity index is 2.31. The second-order valence-electron chi connectivity index (χ2n) is 8.33. The van der Waals surface area contributed by atoms with Gasteiger partial charge in [-0.1, -0.05) is 53.9 Å². The minimum absolute atomic E-state index is 0.0162. The van der Waals surface area contributed by atoms with Gasteiger partial charge in [0.2, 0.25) is 21.8 Å². The molecule has 1 N–H and O–H groups in total. The predicted molar refractivity (Wildman–Crippen MR) is 135 cm³/mol. The fraction of sp³-hybridized carbons (Fsp3) is 0.417. The van der Waals surface area contributed by atoms with Crippen molar-refractivity contribution in [3.63, 3.8) is 0 Å². The molecular weight excluding hydrogens is 497 g/mol. The summed E-state index contributed by atoms with van der Waals surface area (Å²) < 4.78 is 26.9. The van der Waals surface area contributed by atoms with E-state index >= 15 is 0 Å². The third-order valence-electron chi connectivity index (χ3n) is 5.61. The summed E-state index contributed by atoms with van der Waals surface area (Å²) in [7, 11) is -2.56. The molecule has 0 aliphatic rings. The van der Waals surface area contributed by atoms with Crippen molar-refractivity contribution >= 4 is 45.0 Å². The van der Waals surface area contributed by atoms with Crippen molar-refractivity contribution in [3.05, 3.63) is 63.6 Å². The Morgan fingerprint density at radius 3 is 2.24 bits per heavy atom. The maximum atomic E-state index is 13.3. The van der Waals surface area contributed by atoms with Crippen LogP contribution in [-0.4, -0.2) is 55.1 Å². The number of nitrogens with one attached hydrogen (secondary N) is 1.